The van der Waals surface area contributed by atoms with Crippen LogP contribution in [0.2, 0.25) is 0 Å². The Morgan fingerprint density at radius 1 is 1.16 bits per heavy atom. The Balaban J connectivity index is 0.00000272. The molecule has 31 heavy (non-hydrogen) atoms. The number of aromatic nitrogens is 2. The predicted molar refractivity (Wildman–Crippen MR) is 138 cm³/mol. The van der Waals surface area contributed by atoms with Crippen molar-refractivity contribution in [1.82, 2.24) is 19.6 Å². The number of anilines is 1. The summed E-state index contributed by atoms with van der Waals surface area (Å²) in [5.74, 6) is 1.93. The molecule has 0 unspecified atom stereocenters. The van der Waals surface area contributed by atoms with Crippen LogP contribution in [0.25, 0.3) is 0 Å². The van der Waals surface area contributed by atoms with Gasteiger partial charge in [0.2, 0.25) is 5.13 Å². The summed E-state index contributed by atoms with van der Waals surface area (Å²) in [6.45, 7) is 8.35. The molecule has 7 nitrogen and oxygen atoms in total. The molecule has 0 saturated carbocycles. The number of rotatable bonds is 5. The quantitative estimate of drug-likeness (QED) is 0.347. The van der Waals surface area contributed by atoms with Gasteiger partial charge < -0.3 is 19.9 Å². The number of ether oxygens (including phenoxy) is 1. The summed E-state index contributed by atoms with van der Waals surface area (Å²) in [7, 11) is 1.88. The zero-order valence-corrected chi connectivity index (χ0v) is 21.6. The van der Waals surface area contributed by atoms with Crippen molar-refractivity contribution in [2.24, 2.45) is 4.99 Å². The number of hydrogen-bond donors (Lipinski definition) is 1. The van der Waals surface area contributed by atoms with E-state index in [2.05, 4.69) is 66.7 Å². The zero-order chi connectivity index (χ0) is 20.8. The van der Waals surface area contributed by atoms with Crippen molar-refractivity contribution in [1.29, 1.82) is 0 Å². The van der Waals surface area contributed by atoms with Gasteiger partial charge in [0, 0.05) is 76.4 Å². The summed E-state index contributed by atoms with van der Waals surface area (Å²) < 4.78 is 10.1. The summed E-state index contributed by atoms with van der Waals surface area (Å²) in [6.07, 6.45) is 2.96. The van der Waals surface area contributed by atoms with Gasteiger partial charge in [0.05, 0.1) is 0 Å². The third-order valence-corrected chi connectivity index (χ3v) is 7.07. The van der Waals surface area contributed by atoms with Crippen molar-refractivity contribution in [3.8, 4) is 0 Å². The van der Waals surface area contributed by atoms with Gasteiger partial charge in [0.15, 0.2) is 5.96 Å². The van der Waals surface area contributed by atoms with Gasteiger partial charge in [-0.3, -0.25) is 4.99 Å². The number of piperazine rings is 1. The Morgan fingerprint density at radius 2 is 1.87 bits per heavy atom. The second-order valence-electron chi connectivity index (χ2n) is 7.98. The Bertz CT molecular complexity index is 832. The smallest absolute Gasteiger partial charge is 0.205 e. The van der Waals surface area contributed by atoms with Crippen LogP contribution < -0.4 is 10.2 Å². The summed E-state index contributed by atoms with van der Waals surface area (Å²) >= 11 is 1.51. The molecule has 170 valence electrons. The van der Waals surface area contributed by atoms with Crippen molar-refractivity contribution in [2.75, 3.05) is 57.9 Å². The third-order valence-electron chi connectivity index (χ3n) is 6.26. The molecule has 0 spiro atoms. The van der Waals surface area contributed by atoms with Gasteiger partial charge in [-0.2, -0.15) is 4.37 Å². The Labute approximate surface area is 206 Å². The van der Waals surface area contributed by atoms with Gasteiger partial charge >= 0.3 is 0 Å². The average molecular weight is 557 g/mol. The van der Waals surface area contributed by atoms with E-state index >= 15 is 0 Å². The van der Waals surface area contributed by atoms with Gasteiger partial charge in [-0.15, -0.1) is 24.0 Å². The van der Waals surface area contributed by atoms with Gasteiger partial charge in [-0.05, 0) is 18.4 Å². The fourth-order valence-corrected chi connectivity index (χ4v) is 5.13. The van der Waals surface area contributed by atoms with E-state index in [0.29, 0.717) is 0 Å². The van der Waals surface area contributed by atoms with Crippen LogP contribution >= 0.6 is 35.5 Å². The highest BCUT2D eigenvalue weighted by Gasteiger charge is 2.35. The van der Waals surface area contributed by atoms with E-state index in [1.807, 2.05) is 7.05 Å². The molecule has 2 aromatic rings. The highest BCUT2D eigenvalue weighted by Crippen LogP contribution is 2.34. The third kappa shape index (κ3) is 5.67. The van der Waals surface area contributed by atoms with Crippen LogP contribution in [0.3, 0.4) is 0 Å². The monoisotopic (exact) mass is 556 g/mol. The summed E-state index contributed by atoms with van der Waals surface area (Å²) in [4.78, 5) is 13.9. The largest absolute Gasteiger partial charge is 0.381 e. The van der Waals surface area contributed by atoms with Crippen LogP contribution in [0.4, 0.5) is 5.13 Å². The molecule has 2 saturated heterocycles. The molecule has 0 amide bonds. The number of nitrogens with one attached hydrogen (secondary N) is 1. The van der Waals surface area contributed by atoms with E-state index in [1.165, 1.54) is 17.1 Å². The molecular formula is C22H33IN6OS. The maximum atomic E-state index is 5.68. The first-order chi connectivity index (χ1) is 14.7. The maximum Gasteiger partial charge on any atom is 0.205 e. The van der Waals surface area contributed by atoms with Gasteiger partial charge in [-0.25, -0.2) is 4.98 Å². The molecule has 2 fully saturated rings. The fourth-order valence-electron chi connectivity index (χ4n) is 4.33. The lowest BCUT2D eigenvalue weighted by molar-refractivity contribution is 0.0511. The number of halogens is 1. The van der Waals surface area contributed by atoms with Crippen LogP contribution in [-0.4, -0.2) is 73.2 Å². The molecule has 9 heteroatoms. The first-order valence-corrected chi connectivity index (χ1v) is 11.7. The Morgan fingerprint density at radius 3 is 2.48 bits per heavy atom. The van der Waals surface area contributed by atoms with Gasteiger partial charge in [0.25, 0.3) is 0 Å². The zero-order valence-electron chi connectivity index (χ0n) is 18.4. The van der Waals surface area contributed by atoms with Crippen molar-refractivity contribution < 1.29 is 4.74 Å². The summed E-state index contributed by atoms with van der Waals surface area (Å²) in [5, 5.41) is 4.73. The Hall–Kier alpha value is -1.46. The van der Waals surface area contributed by atoms with E-state index in [-0.39, 0.29) is 29.4 Å². The van der Waals surface area contributed by atoms with E-state index in [4.69, 9.17) is 4.74 Å². The molecule has 0 radical (unpaired) electrons. The van der Waals surface area contributed by atoms with Crippen LogP contribution in [0.5, 0.6) is 0 Å². The number of nitrogens with zero attached hydrogens (tertiary/aromatic N) is 5. The lowest BCUT2D eigenvalue weighted by atomic mass is 9.74. The first kappa shape index (κ1) is 24.2. The molecule has 2 aliphatic rings. The van der Waals surface area contributed by atoms with Crippen LogP contribution in [0, 0.1) is 0 Å². The average Bonchev–Trinajstić information content (AvgIpc) is 3.30. The minimum atomic E-state index is 0. The molecular weight excluding hydrogens is 523 g/mol. The minimum Gasteiger partial charge on any atom is -0.381 e. The molecule has 4 rings (SSSR count). The summed E-state index contributed by atoms with van der Waals surface area (Å²) in [5.41, 5.74) is 1.49. The van der Waals surface area contributed by atoms with Crippen LogP contribution in [-0.2, 0) is 16.6 Å². The summed E-state index contributed by atoms with van der Waals surface area (Å²) in [6, 6.07) is 10.9. The lowest BCUT2D eigenvalue weighted by Crippen LogP contribution is -2.55. The normalized spacial score (nSPS) is 19.1. The molecule has 0 atom stereocenters. The highest BCUT2D eigenvalue weighted by atomic mass is 127. The number of aliphatic imine (C=N–C) groups is 1. The Kier molecular flexibility index (Phi) is 8.91. The number of hydrogen-bond acceptors (Lipinski definition) is 6. The minimum absolute atomic E-state index is 0. The second kappa shape index (κ2) is 11.4. The molecule has 0 bridgehead atoms. The van der Waals surface area contributed by atoms with E-state index in [9.17, 15) is 0 Å². The molecule has 3 heterocycles. The van der Waals surface area contributed by atoms with Crippen molar-refractivity contribution >= 4 is 46.6 Å². The fraction of sp³-hybridized carbons (Fsp3) is 0.591. The predicted octanol–water partition coefficient (Wildman–Crippen LogP) is 3.16. The van der Waals surface area contributed by atoms with Crippen molar-refractivity contribution in [3.05, 3.63) is 41.7 Å². The first-order valence-electron chi connectivity index (χ1n) is 10.9. The van der Waals surface area contributed by atoms with E-state index in [0.717, 1.165) is 82.1 Å². The molecule has 1 N–H and O–H groups in total. The highest BCUT2D eigenvalue weighted by molar-refractivity contribution is 14.0. The molecule has 1 aromatic heterocycles. The van der Waals surface area contributed by atoms with Crippen molar-refractivity contribution in [2.45, 2.75) is 31.6 Å². The van der Waals surface area contributed by atoms with E-state index < -0.39 is 0 Å². The second-order valence-corrected chi connectivity index (χ2v) is 8.71. The number of benzene rings is 1. The number of aryl methyl sites for hydroxylation is 1. The standard InChI is InChI=1S/C22H32N6OS.HI/c1-3-19-25-21(30-26-19)28-13-11-27(12-14-28)20(23-2)24-17-22(9-15-29-16-10-22)18-7-5-4-6-8-18;/h4-8H,3,9-17H2,1-2H3,(H,23,24);1H. The SMILES string of the molecule is CCc1nsc(N2CCN(C(=NC)NCC3(c4ccccc4)CCOCC3)CC2)n1.I. The van der Waals surface area contributed by atoms with Gasteiger partial charge in [0.1, 0.15) is 5.82 Å². The molecule has 1 aromatic carbocycles. The lowest BCUT2D eigenvalue weighted by Gasteiger charge is -2.40. The van der Waals surface area contributed by atoms with Gasteiger partial charge in [-0.1, -0.05) is 37.3 Å². The van der Waals surface area contributed by atoms with E-state index in [1.54, 1.807) is 0 Å². The molecule has 2 aliphatic heterocycles. The maximum absolute atomic E-state index is 5.68. The molecule has 0 aliphatic carbocycles. The van der Waals surface area contributed by atoms with Crippen LogP contribution in [0.15, 0.2) is 35.3 Å². The van der Waals surface area contributed by atoms with Crippen molar-refractivity contribution in [3.63, 3.8) is 0 Å². The number of guanidine groups is 1. The topological polar surface area (TPSA) is 65.9 Å². The van der Waals surface area contributed by atoms with Crippen LogP contribution in [0.1, 0.15) is 31.2 Å².